The third-order valence-corrected chi connectivity index (χ3v) is 5.26. The molecule has 1 heterocycles. The van der Waals surface area contributed by atoms with E-state index in [1.54, 1.807) is 12.1 Å². The van der Waals surface area contributed by atoms with Crippen molar-refractivity contribution in [2.24, 2.45) is 0 Å². The average Bonchev–Trinajstić information content (AvgIpc) is 2.48. The maximum absolute atomic E-state index is 13.2. The summed E-state index contributed by atoms with van der Waals surface area (Å²) in [5, 5.41) is 10.6. The Balaban J connectivity index is 1.76. The molecule has 116 valence electrons. The van der Waals surface area contributed by atoms with Crippen LogP contribution >= 0.6 is 0 Å². The minimum Gasteiger partial charge on any atom is -0.461 e. The van der Waals surface area contributed by atoms with Gasteiger partial charge in [-0.3, -0.25) is 4.21 Å². The van der Waals surface area contributed by atoms with Gasteiger partial charge in [0.05, 0.1) is 16.6 Å². The zero-order valence-electron chi connectivity index (χ0n) is 12.2. The van der Waals surface area contributed by atoms with Crippen LogP contribution in [0, 0.1) is 12.7 Å². The molecule has 3 nitrogen and oxygen atoms in total. The van der Waals surface area contributed by atoms with Gasteiger partial charge in [0.2, 0.25) is 5.79 Å². The van der Waals surface area contributed by atoms with Gasteiger partial charge in [-0.15, -0.1) is 0 Å². The van der Waals surface area contributed by atoms with Crippen molar-refractivity contribution in [3.05, 3.63) is 59.4 Å². The van der Waals surface area contributed by atoms with Crippen molar-refractivity contribution in [1.29, 1.82) is 0 Å². The summed E-state index contributed by atoms with van der Waals surface area (Å²) < 4.78 is 31.2. The van der Waals surface area contributed by atoms with Crippen molar-refractivity contribution < 1.29 is 18.4 Å². The van der Waals surface area contributed by atoms with Gasteiger partial charge in [-0.05, 0) is 49.2 Å². The Labute approximate surface area is 131 Å². The van der Waals surface area contributed by atoms with E-state index in [0.29, 0.717) is 23.5 Å². The predicted molar refractivity (Wildman–Crippen MR) is 82.8 cm³/mol. The molecule has 2 aromatic rings. The van der Waals surface area contributed by atoms with Crippen LogP contribution in [-0.4, -0.2) is 20.9 Å². The second-order valence-corrected chi connectivity index (χ2v) is 7.05. The van der Waals surface area contributed by atoms with Crippen LogP contribution in [0.2, 0.25) is 0 Å². The summed E-state index contributed by atoms with van der Waals surface area (Å²) in [6.45, 7) is 1.96. The monoisotopic (exact) mass is 320 g/mol. The summed E-state index contributed by atoms with van der Waals surface area (Å²) in [5.74, 6) is -1.36. The number of halogens is 1. The molecule has 0 aromatic heterocycles. The number of hydrogen-bond acceptors (Lipinski definition) is 3. The van der Waals surface area contributed by atoms with Gasteiger partial charge >= 0.3 is 0 Å². The first-order valence-corrected chi connectivity index (χ1v) is 8.42. The number of aliphatic hydroxyl groups is 1. The summed E-state index contributed by atoms with van der Waals surface area (Å²) in [4.78, 5) is 0.660. The highest BCUT2D eigenvalue weighted by molar-refractivity contribution is 7.85. The van der Waals surface area contributed by atoms with Crippen LogP contribution < -0.4 is 4.74 Å². The van der Waals surface area contributed by atoms with E-state index in [-0.39, 0.29) is 11.6 Å². The molecular weight excluding hydrogens is 303 g/mol. The molecule has 0 radical (unpaired) electrons. The third-order valence-electron chi connectivity index (χ3n) is 3.75. The molecule has 5 heteroatoms. The fraction of sp³-hybridized carbons (Fsp3) is 0.294. The molecule has 0 fully saturated rings. The molecule has 22 heavy (non-hydrogen) atoms. The van der Waals surface area contributed by atoms with Crippen molar-refractivity contribution in [2.45, 2.75) is 30.4 Å². The lowest BCUT2D eigenvalue weighted by Crippen LogP contribution is -2.44. The summed E-state index contributed by atoms with van der Waals surface area (Å²) in [5.41, 5.74) is 1.81. The maximum Gasteiger partial charge on any atom is 0.220 e. The van der Waals surface area contributed by atoms with E-state index >= 15 is 0 Å². The Hall–Kier alpha value is -1.72. The normalized spacial score (nSPS) is 21.8. The van der Waals surface area contributed by atoms with Gasteiger partial charge in [0.15, 0.2) is 0 Å². The van der Waals surface area contributed by atoms with Gasteiger partial charge in [0.25, 0.3) is 0 Å². The Kier molecular flexibility index (Phi) is 4.02. The fourth-order valence-corrected chi connectivity index (χ4v) is 3.73. The Morgan fingerprint density at radius 2 is 2.00 bits per heavy atom. The first-order valence-electron chi connectivity index (χ1n) is 7.10. The van der Waals surface area contributed by atoms with E-state index in [1.807, 2.05) is 19.1 Å². The molecule has 2 atom stereocenters. The summed E-state index contributed by atoms with van der Waals surface area (Å²) in [7, 11) is -1.36. The van der Waals surface area contributed by atoms with Crippen LogP contribution in [0.5, 0.6) is 5.75 Å². The number of aryl methyl sites for hydroxylation is 2. The number of ether oxygens (including phenoxy) is 1. The van der Waals surface area contributed by atoms with E-state index < -0.39 is 16.6 Å². The van der Waals surface area contributed by atoms with Gasteiger partial charge in [0, 0.05) is 11.3 Å². The van der Waals surface area contributed by atoms with Crippen molar-refractivity contribution in [3.8, 4) is 5.75 Å². The Bertz CT molecular complexity index is 714. The molecule has 2 aromatic carbocycles. The van der Waals surface area contributed by atoms with Gasteiger partial charge in [-0.2, -0.15) is 0 Å². The fourth-order valence-electron chi connectivity index (χ4n) is 2.51. The first kappa shape index (κ1) is 15.2. The molecule has 0 aliphatic carbocycles. The van der Waals surface area contributed by atoms with Crippen LogP contribution in [-0.2, 0) is 17.2 Å². The molecule has 0 spiro atoms. The molecule has 0 saturated heterocycles. The van der Waals surface area contributed by atoms with Gasteiger partial charge in [0.1, 0.15) is 11.6 Å². The summed E-state index contributed by atoms with van der Waals surface area (Å²) in [6.07, 6.45) is 0.787. The minimum absolute atomic E-state index is 0.00707. The molecule has 1 unspecified atom stereocenters. The van der Waals surface area contributed by atoms with Crippen LogP contribution in [0.25, 0.3) is 0 Å². The van der Waals surface area contributed by atoms with Crippen molar-refractivity contribution in [3.63, 3.8) is 0 Å². The molecule has 1 aliphatic rings. The van der Waals surface area contributed by atoms with Crippen molar-refractivity contribution in [2.75, 3.05) is 5.75 Å². The zero-order valence-corrected chi connectivity index (χ0v) is 13.0. The lowest BCUT2D eigenvalue weighted by atomic mass is 10.0. The largest absolute Gasteiger partial charge is 0.461 e. The van der Waals surface area contributed by atoms with Crippen LogP contribution in [0.3, 0.4) is 0 Å². The topological polar surface area (TPSA) is 46.5 Å². The highest BCUT2D eigenvalue weighted by Gasteiger charge is 2.36. The molecule has 1 N–H and O–H groups in total. The second kappa shape index (κ2) is 5.82. The molecule has 0 bridgehead atoms. The second-order valence-electron chi connectivity index (χ2n) is 5.60. The zero-order chi connectivity index (χ0) is 15.7. The quantitative estimate of drug-likeness (QED) is 0.946. The Morgan fingerprint density at radius 3 is 2.73 bits per heavy atom. The van der Waals surface area contributed by atoms with Crippen LogP contribution in [0.4, 0.5) is 4.39 Å². The number of rotatable bonds is 3. The Morgan fingerprint density at radius 1 is 1.27 bits per heavy atom. The molecule has 0 amide bonds. The lowest BCUT2D eigenvalue weighted by Gasteiger charge is -2.33. The van der Waals surface area contributed by atoms with E-state index in [9.17, 15) is 13.7 Å². The molecule has 0 saturated carbocycles. The SMILES string of the molecule is Cc1ccc([S@@](=O)CC2(O)CCc3cc(F)ccc3O2)cc1. The molecule has 3 rings (SSSR count). The smallest absolute Gasteiger partial charge is 0.220 e. The number of benzene rings is 2. The summed E-state index contributed by atoms with van der Waals surface area (Å²) in [6, 6.07) is 11.6. The standard InChI is InChI=1S/C17H17FO3S/c1-12-2-5-15(6-3-12)22(20)11-17(19)9-8-13-10-14(18)4-7-16(13)21-17/h2-7,10,19H,8-9,11H2,1H3/t17?,22-/m0/s1. The number of fused-ring (bicyclic) bond motifs is 1. The highest BCUT2D eigenvalue weighted by Crippen LogP contribution is 2.33. The lowest BCUT2D eigenvalue weighted by molar-refractivity contribution is -0.130. The maximum atomic E-state index is 13.2. The van der Waals surface area contributed by atoms with E-state index in [4.69, 9.17) is 4.74 Å². The van der Waals surface area contributed by atoms with E-state index in [0.717, 1.165) is 11.1 Å². The van der Waals surface area contributed by atoms with Gasteiger partial charge in [-0.1, -0.05) is 17.7 Å². The first-order chi connectivity index (χ1) is 10.5. The highest BCUT2D eigenvalue weighted by atomic mass is 32.2. The van der Waals surface area contributed by atoms with Gasteiger partial charge < -0.3 is 9.84 Å². The van der Waals surface area contributed by atoms with Crippen molar-refractivity contribution in [1.82, 2.24) is 0 Å². The number of hydrogen-bond donors (Lipinski definition) is 1. The third kappa shape index (κ3) is 3.20. The molecule has 1 aliphatic heterocycles. The van der Waals surface area contributed by atoms with Crippen molar-refractivity contribution >= 4 is 10.8 Å². The minimum atomic E-state index is -1.49. The van der Waals surface area contributed by atoms with E-state index in [2.05, 4.69) is 0 Å². The van der Waals surface area contributed by atoms with E-state index in [1.165, 1.54) is 18.2 Å². The average molecular weight is 320 g/mol. The predicted octanol–water partition coefficient (Wildman–Crippen LogP) is 2.96. The summed E-state index contributed by atoms with van der Waals surface area (Å²) >= 11 is 0. The van der Waals surface area contributed by atoms with Crippen LogP contribution in [0.1, 0.15) is 17.5 Å². The van der Waals surface area contributed by atoms with Gasteiger partial charge in [-0.25, -0.2) is 4.39 Å². The van der Waals surface area contributed by atoms with Crippen LogP contribution in [0.15, 0.2) is 47.4 Å². The molecular formula is C17H17FO3S.